The lowest BCUT2D eigenvalue weighted by Crippen LogP contribution is -3.19. The van der Waals surface area contributed by atoms with Gasteiger partial charge in [-0.3, -0.25) is 4.79 Å². The van der Waals surface area contributed by atoms with E-state index in [2.05, 4.69) is 0 Å². The van der Waals surface area contributed by atoms with E-state index in [1.165, 1.54) is 9.71 Å². The fourth-order valence-electron chi connectivity index (χ4n) is 3.52. The van der Waals surface area contributed by atoms with Crippen LogP contribution in [0.5, 0.6) is 0 Å². The number of likely N-dealkylation sites (N-methyl/N-ethyl adjacent to an activating group) is 1. The summed E-state index contributed by atoms with van der Waals surface area (Å²) in [6, 6.07) is 18.7. The number of carbonyl (C=O) groups is 1. The fourth-order valence-corrected chi connectivity index (χ4v) is 4.71. The highest BCUT2D eigenvalue weighted by molar-refractivity contribution is 7.92. The van der Waals surface area contributed by atoms with E-state index in [-0.39, 0.29) is 11.9 Å². The number of rotatable bonds is 6. The molecule has 0 unspecified atom stereocenters. The molecular formula is C22H28N3O3S+. The minimum atomic E-state index is -3.47. The molecule has 0 radical (unpaired) electrons. The highest BCUT2D eigenvalue weighted by Crippen LogP contribution is 2.12. The average Bonchev–Trinajstić information content (AvgIpc) is 2.77. The SMILES string of the molecule is C[C@H](C(=O)N(C)c1ccccc1)[NH+]1CCN(S(=O)(=O)/C=C/c2ccccc2)CC1. The topological polar surface area (TPSA) is 62.1 Å². The molecule has 29 heavy (non-hydrogen) atoms. The van der Waals surface area contributed by atoms with Crippen molar-refractivity contribution in [1.82, 2.24) is 4.31 Å². The van der Waals surface area contributed by atoms with Crippen molar-refractivity contribution in [3.05, 3.63) is 71.6 Å². The van der Waals surface area contributed by atoms with Crippen molar-refractivity contribution < 1.29 is 18.1 Å². The molecule has 1 aliphatic rings. The van der Waals surface area contributed by atoms with Crippen LogP contribution in [0.1, 0.15) is 12.5 Å². The van der Waals surface area contributed by atoms with Crippen LogP contribution < -0.4 is 9.80 Å². The van der Waals surface area contributed by atoms with Crippen molar-refractivity contribution in [2.75, 3.05) is 38.1 Å². The Morgan fingerprint density at radius 3 is 2.17 bits per heavy atom. The van der Waals surface area contributed by atoms with Gasteiger partial charge < -0.3 is 9.80 Å². The zero-order chi connectivity index (χ0) is 20.9. The molecule has 1 heterocycles. The molecule has 2 aromatic carbocycles. The minimum Gasteiger partial charge on any atom is -0.323 e. The predicted octanol–water partition coefficient (Wildman–Crippen LogP) is 1.24. The van der Waals surface area contributed by atoms with E-state index < -0.39 is 10.0 Å². The number of nitrogens with one attached hydrogen (secondary N) is 1. The molecule has 154 valence electrons. The number of benzene rings is 2. The standard InChI is InChI=1S/C22H27N3O3S/c1-19(22(26)23(2)21-11-7-4-8-12-21)24-14-16-25(17-15-24)29(27,28)18-13-20-9-5-3-6-10-20/h3-13,18-19H,14-17H2,1-2H3/p+1/b18-13+/t19-/m1/s1. The van der Waals surface area contributed by atoms with Crippen LogP contribution in [0.25, 0.3) is 6.08 Å². The van der Waals surface area contributed by atoms with Gasteiger partial charge in [-0.25, -0.2) is 8.42 Å². The Morgan fingerprint density at radius 1 is 1.03 bits per heavy atom. The van der Waals surface area contributed by atoms with Crippen LogP contribution in [0, 0.1) is 0 Å². The van der Waals surface area contributed by atoms with E-state index in [4.69, 9.17) is 0 Å². The number of quaternary nitrogens is 1. The second kappa shape index (κ2) is 9.35. The maximum absolute atomic E-state index is 12.8. The van der Waals surface area contributed by atoms with Gasteiger partial charge in [-0.2, -0.15) is 4.31 Å². The third-order valence-electron chi connectivity index (χ3n) is 5.41. The van der Waals surface area contributed by atoms with E-state index in [9.17, 15) is 13.2 Å². The van der Waals surface area contributed by atoms with E-state index in [0.717, 1.165) is 16.2 Å². The molecule has 3 rings (SSSR count). The number of hydrogen-bond donors (Lipinski definition) is 1. The van der Waals surface area contributed by atoms with Crippen molar-refractivity contribution in [2.45, 2.75) is 13.0 Å². The first-order valence-corrected chi connectivity index (χ1v) is 11.3. The fraction of sp³-hybridized carbons (Fsp3) is 0.318. The summed E-state index contributed by atoms with van der Waals surface area (Å²) in [5.74, 6) is 0.0338. The number of piperazine rings is 1. The van der Waals surface area contributed by atoms with Crippen molar-refractivity contribution in [1.29, 1.82) is 0 Å². The summed E-state index contributed by atoms with van der Waals surface area (Å²) in [5.41, 5.74) is 1.71. The predicted molar refractivity (Wildman–Crippen MR) is 116 cm³/mol. The third kappa shape index (κ3) is 5.32. The molecule has 0 bridgehead atoms. The van der Waals surface area contributed by atoms with Crippen LogP contribution in [0.2, 0.25) is 0 Å². The van der Waals surface area contributed by atoms with Gasteiger partial charge in [0.25, 0.3) is 5.91 Å². The highest BCUT2D eigenvalue weighted by Gasteiger charge is 2.34. The summed E-state index contributed by atoms with van der Waals surface area (Å²) in [5, 5.41) is 1.27. The maximum Gasteiger partial charge on any atom is 0.284 e. The molecule has 1 aliphatic heterocycles. The molecule has 1 fully saturated rings. The summed E-state index contributed by atoms with van der Waals surface area (Å²) in [6.45, 7) is 3.94. The number of anilines is 1. The van der Waals surface area contributed by atoms with Crippen molar-refractivity contribution >= 4 is 27.7 Å². The van der Waals surface area contributed by atoms with Gasteiger partial charge in [0.05, 0.1) is 26.2 Å². The van der Waals surface area contributed by atoms with Crippen LogP contribution >= 0.6 is 0 Å². The van der Waals surface area contributed by atoms with E-state index in [1.54, 1.807) is 18.0 Å². The van der Waals surface area contributed by atoms with Crippen molar-refractivity contribution in [3.63, 3.8) is 0 Å². The Labute approximate surface area is 173 Å². The Balaban J connectivity index is 1.58. The second-order valence-electron chi connectivity index (χ2n) is 7.27. The second-order valence-corrected chi connectivity index (χ2v) is 9.09. The molecule has 1 N–H and O–H groups in total. The number of sulfonamides is 1. The maximum atomic E-state index is 12.8. The lowest BCUT2D eigenvalue weighted by molar-refractivity contribution is -0.917. The minimum absolute atomic E-state index is 0.0338. The van der Waals surface area contributed by atoms with Gasteiger partial charge in [0.15, 0.2) is 6.04 Å². The Hall–Kier alpha value is -2.48. The zero-order valence-electron chi connectivity index (χ0n) is 16.9. The lowest BCUT2D eigenvalue weighted by atomic mass is 10.2. The molecule has 1 atom stereocenters. The molecule has 0 aliphatic carbocycles. The third-order valence-corrected chi connectivity index (χ3v) is 6.98. The van der Waals surface area contributed by atoms with E-state index >= 15 is 0 Å². The quantitative estimate of drug-likeness (QED) is 0.774. The smallest absolute Gasteiger partial charge is 0.284 e. The summed E-state index contributed by atoms with van der Waals surface area (Å²) in [4.78, 5) is 15.6. The van der Waals surface area contributed by atoms with Crippen molar-refractivity contribution in [3.8, 4) is 0 Å². The molecule has 1 amide bonds. The number of para-hydroxylation sites is 1. The lowest BCUT2D eigenvalue weighted by Gasteiger charge is -2.34. The van der Waals surface area contributed by atoms with Crippen LogP contribution in [-0.4, -0.2) is 57.9 Å². The van der Waals surface area contributed by atoms with E-state index in [1.807, 2.05) is 67.6 Å². The Morgan fingerprint density at radius 2 is 1.59 bits per heavy atom. The Bertz CT molecular complexity index is 938. The first-order valence-electron chi connectivity index (χ1n) is 9.79. The number of carbonyl (C=O) groups excluding carboxylic acids is 1. The molecule has 0 aromatic heterocycles. The summed E-state index contributed by atoms with van der Waals surface area (Å²) < 4.78 is 26.7. The van der Waals surface area contributed by atoms with E-state index in [0.29, 0.717) is 26.2 Å². The summed E-state index contributed by atoms with van der Waals surface area (Å²) in [6.07, 6.45) is 1.62. The number of amides is 1. The monoisotopic (exact) mass is 414 g/mol. The zero-order valence-corrected chi connectivity index (χ0v) is 17.7. The highest BCUT2D eigenvalue weighted by atomic mass is 32.2. The van der Waals surface area contributed by atoms with Crippen LogP contribution in [0.3, 0.4) is 0 Å². The molecule has 2 aromatic rings. The molecule has 0 saturated carbocycles. The van der Waals surface area contributed by atoms with Gasteiger partial charge in [-0.05, 0) is 30.7 Å². The first-order chi connectivity index (χ1) is 13.9. The summed E-state index contributed by atoms with van der Waals surface area (Å²) >= 11 is 0. The van der Waals surface area contributed by atoms with Crippen molar-refractivity contribution in [2.24, 2.45) is 0 Å². The van der Waals surface area contributed by atoms with Crippen LogP contribution in [0.15, 0.2) is 66.1 Å². The normalized spacial score (nSPS) is 17.3. The Kier molecular flexibility index (Phi) is 6.84. The molecule has 1 saturated heterocycles. The molecule has 0 spiro atoms. The molecule has 7 heteroatoms. The number of nitrogens with zero attached hydrogens (tertiary/aromatic N) is 2. The molecule has 6 nitrogen and oxygen atoms in total. The first kappa shape index (κ1) is 21.2. The van der Waals surface area contributed by atoms with Gasteiger partial charge in [0.2, 0.25) is 10.0 Å². The van der Waals surface area contributed by atoms with Crippen LogP contribution in [-0.2, 0) is 14.8 Å². The van der Waals surface area contributed by atoms with Gasteiger partial charge >= 0.3 is 0 Å². The van der Waals surface area contributed by atoms with Crippen LogP contribution in [0.4, 0.5) is 5.69 Å². The largest absolute Gasteiger partial charge is 0.323 e. The van der Waals surface area contributed by atoms with Gasteiger partial charge in [0.1, 0.15) is 0 Å². The van der Waals surface area contributed by atoms with Gasteiger partial charge in [0, 0.05) is 18.1 Å². The molecular weight excluding hydrogens is 386 g/mol. The summed E-state index contributed by atoms with van der Waals surface area (Å²) in [7, 11) is -1.69. The number of hydrogen-bond acceptors (Lipinski definition) is 3. The van der Waals surface area contributed by atoms with Gasteiger partial charge in [-0.15, -0.1) is 0 Å². The average molecular weight is 415 g/mol. The van der Waals surface area contributed by atoms with Gasteiger partial charge in [-0.1, -0.05) is 48.5 Å².